The Bertz CT molecular complexity index is 1500. The maximum Gasteiger partial charge on any atom is 0.199 e. The SMILES string of the molecule is C=CCN1c2ccccc2[C@@H](CC(=O)c2nccn2-c2cccs2)CC1(c1ccccc1)c1ccccc1. The number of thiophene rings is 1. The summed E-state index contributed by atoms with van der Waals surface area (Å²) in [5, 5.41) is 3.01. The van der Waals surface area contributed by atoms with Gasteiger partial charge in [0, 0.05) is 31.0 Å². The highest BCUT2D eigenvalue weighted by atomic mass is 32.1. The minimum absolute atomic E-state index is 0.00802. The van der Waals surface area contributed by atoms with E-state index in [1.807, 2.05) is 34.4 Å². The first-order valence-corrected chi connectivity index (χ1v) is 13.8. The Balaban J connectivity index is 1.49. The Morgan fingerprint density at radius 2 is 1.63 bits per heavy atom. The van der Waals surface area contributed by atoms with Crippen LogP contribution in [0.3, 0.4) is 0 Å². The summed E-state index contributed by atoms with van der Waals surface area (Å²) in [6.45, 7) is 4.79. The predicted octanol–water partition coefficient (Wildman–Crippen LogP) is 7.63. The summed E-state index contributed by atoms with van der Waals surface area (Å²) in [6, 6.07) is 33.9. The molecule has 0 N–H and O–H groups in total. The third-order valence-electron chi connectivity index (χ3n) is 7.55. The van der Waals surface area contributed by atoms with Gasteiger partial charge >= 0.3 is 0 Å². The van der Waals surface area contributed by atoms with Crippen LogP contribution in [-0.2, 0) is 5.54 Å². The number of hydrogen-bond donors (Lipinski definition) is 0. The second kappa shape index (κ2) is 10.3. The molecule has 2 aromatic heterocycles. The molecule has 3 aromatic carbocycles. The summed E-state index contributed by atoms with van der Waals surface area (Å²) >= 11 is 1.60. The molecule has 0 spiro atoms. The van der Waals surface area contributed by atoms with Crippen molar-refractivity contribution >= 4 is 22.8 Å². The van der Waals surface area contributed by atoms with Gasteiger partial charge in [-0.15, -0.1) is 17.9 Å². The van der Waals surface area contributed by atoms with Crippen molar-refractivity contribution in [1.29, 1.82) is 0 Å². The lowest BCUT2D eigenvalue weighted by Crippen LogP contribution is -2.51. The van der Waals surface area contributed by atoms with E-state index in [-0.39, 0.29) is 11.7 Å². The standard InChI is InChI=1S/C33H29N3OS/c1-2-20-36-29-17-10-9-16-28(29)25(23-30(37)32-34-19-21-35(32)31-18-11-22-38-31)24-33(36,26-12-5-3-6-13-26)27-14-7-4-8-15-27/h2-19,21-22,25H,1,20,23-24H2/t25-/m0/s1. The number of fused-ring (bicyclic) bond motifs is 1. The molecule has 0 unspecified atom stereocenters. The number of rotatable bonds is 8. The maximum atomic E-state index is 13.9. The van der Waals surface area contributed by atoms with E-state index in [0.717, 1.165) is 17.1 Å². The second-order valence-corrected chi connectivity index (χ2v) is 10.6. The van der Waals surface area contributed by atoms with Gasteiger partial charge < -0.3 is 4.90 Å². The molecule has 0 amide bonds. The third-order valence-corrected chi connectivity index (χ3v) is 8.42. The first-order valence-electron chi connectivity index (χ1n) is 12.9. The van der Waals surface area contributed by atoms with E-state index in [4.69, 9.17) is 0 Å². The number of benzene rings is 3. The summed E-state index contributed by atoms with van der Waals surface area (Å²) in [4.78, 5) is 20.8. The van der Waals surface area contributed by atoms with Gasteiger partial charge in [-0.2, -0.15) is 0 Å². The van der Waals surface area contributed by atoms with E-state index >= 15 is 0 Å². The van der Waals surface area contributed by atoms with Crippen molar-refractivity contribution in [2.75, 3.05) is 11.4 Å². The van der Waals surface area contributed by atoms with Gasteiger partial charge in [0.1, 0.15) is 5.00 Å². The average molecular weight is 516 g/mol. The van der Waals surface area contributed by atoms with Crippen LogP contribution in [0.15, 0.2) is 127 Å². The maximum absolute atomic E-state index is 13.9. The van der Waals surface area contributed by atoms with Crippen molar-refractivity contribution in [3.05, 3.63) is 150 Å². The molecule has 1 atom stereocenters. The molecule has 38 heavy (non-hydrogen) atoms. The number of carbonyl (C=O) groups is 1. The molecule has 1 aliphatic heterocycles. The van der Waals surface area contributed by atoms with Gasteiger partial charge in [-0.1, -0.05) is 84.9 Å². The first-order chi connectivity index (χ1) is 18.7. The van der Waals surface area contributed by atoms with Crippen LogP contribution in [0.4, 0.5) is 5.69 Å². The number of carbonyl (C=O) groups excluding carboxylic acids is 1. The molecule has 0 radical (unpaired) electrons. The normalized spacial score (nSPS) is 16.1. The molecule has 6 rings (SSSR count). The van der Waals surface area contributed by atoms with Gasteiger partial charge in [0.25, 0.3) is 0 Å². The Kier molecular flexibility index (Phi) is 6.52. The molecular formula is C33H29N3OS. The van der Waals surface area contributed by atoms with Gasteiger partial charge in [0.15, 0.2) is 11.6 Å². The van der Waals surface area contributed by atoms with Crippen LogP contribution in [-0.4, -0.2) is 21.9 Å². The Morgan fingerprint density at radius 3 is 2.29 bits per heavy atom. The minimum atomic E-state index is -0.459. The summed E-state index contributed by atoms with van der Waals surface area (Å²) in [5.41, 5.74) is 4.30. The number of Topliss-reactive ketones (excluding diaryl/α,β-unsaturated/α-hetero) is 1. The smallest absolute Gasteiger partial charge is 0.199 e. The highest BCUT2D eigenvalue weighted by Gasteiger charge is 2.47. The lowest BCUT2D eigenvalue weighted by molar-refractivity contribution is 0.0956. The number of nitrogens with zero attached hydrogens (tertiary/aromatic N) is 3. The molecule has 0 bridgehead atoms. The van der Waals surface area contributed by atoms with E-state index in [1.165, 1.54) is 16.7 Å². The quantitative estimate of drug-likeness (QED) is 0.157. The van der Waals surface area contributed by atoms with Crippen molar-refractivity contribution in [1.82, 2.24) is 9.55 Å². The monoisotopic (exact) mass is 515 g/mol. The van der Waals surface area contributed by atoms with Gasteiger partial charge in [0.05, 0.1) is 5.54 Å². The molecule has 0 aliphatic carbocycles. The van der Waals surface area contributed by atoms with Gasteiger partial charge in [0.2, 0.25) is 0 Å². The fourth-order valence-electron chi connectivity index (χ4n) is 5.98. The Labute approximate surface area is 227 Å². The van der Waals surface area contributed by atoms with Crippen LogP contribution in [0.5, 0.6) is 0 Å². The van der Waals surface area contributed by atoms with Crippen LogP contribution in [0.25, 0.3) is 5.00 Å². The van der Waals surface area contributed by atoms with Crippen molar-refractivity contribution in [2.45, 2.75) is 24.3 Å². The van der Waals surface area contributed by atoms with Crippen LogP contribution in [0, 0.1) is 0 Å². The van der Waals surface area contributed by atoms with Crippen molar-refractivity contribution in [2.24, 2.45) is 0 Å². The first kappa shape index (κ1) is 24.1. The van der Waals surface area contributed by atoms with E-state index < -0.39 is 5.54 Å². The predicted molar refractivity (Wildman–Crippen MR) is 155 cm³/mol. The fraction of sp³-hybridized carbons (Fsp3) is 0.152. The number of hydrogen-bond acceptors (Lipinski definition) is 4. The van der Waals surface area contributed by atoms with E-state index in [0.29, 0.717) is 18.8 Å². The molecule has 5 heteroatoms. The summed E-state index contributed by atoms with van der Waals surface area (Å²) in [7, 11) is 0. The van der Waals surface area contributed by atoms with Gasteiger partial charge in [-0.3, -0.25) is 9.36 Å². The zero-order valence-corrected chi connectivity index (χ0v) is 21.9. The zero-order chi connectivity index (χ0) is 26.0. The van der Waals surface area contributed by atoms with Crippen molar-refractivity contribution < 1.29 is 4.79 Å². The molecular weight excluding hydrogens is 486 g/mol. The minimum Gasteiger partial charge on any atom is -0.354 e. The van der Waals surface area contributed by atoms with Crippen LogP contribution in [0.2, 0.25) is 0 Å². The van der Waals surface area contributed by atoms with Crippen LogP contribution >= 0.6 is 11.3 Å². The highest BCUT2D eigenvalue weighted by molar-refractivity contribution is 7.12. The van der Waals surface area contributed by atoms with Gasteiger partial charge in [-0.25, -0.2) is 4.98 Å². The largest absolute Gasteiger partial charge is 0.354 e. The number of anilines is 1. The number of imidazole rings is 1. The number of aromatic nitrogens is 2. The fourth-order valence-corrected chi connectivity index (χ4v) is 6.69. The number of para-hydroxylation sites is 1. The second-order valence-electron chi connectivity index (χ2n) is 9.65. The summed E-state index contributed by atoms with van der Waals surface area (Å²) in [5.74, 6) is 0.549. The highest BCUT2D eigenvalue weighted by Crippen LogP contribution is 2.53. The topological polar surface area (TPSA) is 38.1 Å². The molecule has 188 valence electrons. The average Bonchev–Trinajstić information content (AvgIpc) is 3.68. The van der Waals surface area contributed by atoms with E-state index in [1.54, 1.807) is 17.5 Å². The van der Waals surface area contributed by atoms with Gasteiger partial charge in [-0.05, 0) is 52.6 Å². The molecule has 3 heterocycles. The summed E-state index contributed by atoms with van der Waals surface area (Å²) in [6.07, 6.45) is 6.70. The third kappa shape index (κ3) is 4.09. The molecule has 4 nitrogen and oxygen atoms in total. The lowest BCUT2D eigenvalue weighted by Gasteiger charge is -2.52. The lowest BCUT2D eigenvalue weighted by atomic mass is 9.68. The molecule has 0 saturated carbocycles. The van der Waals surface area contributed by atoms with E-state index in [2.05, 4.69) is 101 Å². The number of ketones is 1. The summed E-state index contributed by atoms with van der Waals surface area (Å²) < 4.78 is 1.91. The zero-order valence-electron chi connectivity index (χ0n) is 21.1. The van der Waals surface area contributed by atoms with Crippen LogP contribution in [0.1, 0.15) is 46.1 Å². The van der Waals surface area contributed by atoms with Crippen molar-refractivity contribution in [3.8, 4) is 5.00 Å². The Hall–Kier alpha value is -4.22. The molecule has 5 aromatic rings. The van der Waals surface area contributed by atoms with Crippen molar-refractivity contribution in [3.63, 3.8) is 0 Å². The van der Waals surface area contributed by atoms with E-state index in [9.17, 15) is 4.79 Å². The Morgan fingerprint density at radius 1 is 0.947 bits per heavy atom. The van der Waals surface area contributed by atoms with Crippen LogP contribution < -0.4 is 4.90 Å². The molecule has 1 aliphatic rings. The molecule has 0 saturated heterocycles. The molecule has 0 fully saturated rings.